The second-order valence-electron chi connectivity index (χ2n) is 4.10. The van der Waals surface area contributed by atoms with Crippen molar-refractivity contribution in [3.05, 3.63) is 54.2 Å². The smallest absolute Gasteiger partial charge is 0.433 e. The van der Waals surface area contributed by atoms with Gasteiger partial charge in [-0.15, -0.1) is 0 Å². The summed E-state index contributed by atoms with van der Waals surface area (Å²) in [6.45, 7) is 7.45. The first kappa shape index (κ1) is 17.3. The molecule has 0 atom stereocenters. The van der Waals surface area contributed by atoms with Crippen LogP contribution >= 0.6 is 0 Å². The first-order chi connectivity index (χ1) is 10.6. The molecule has 0 heterocycles. The number of nitrogens with one attached hydrogen (secondary N) is 1. The molecule has 0 fully saturated rings. The fourth-order valence-electron chi connectivity index (χ4n) is 1.51. The van der Waals surface area contributed by atoms with Crippen molar-refractivity contribution in [3.63, 3.8) is 0 Å². The van der Waals surface area contributed by atoms with Crippen molar-refractivity contribution >= 4 is 18.3 Å². The maximum atomic E-state index is 11.9. The molecule has 22 heavy (non-hydrogen) atoms. The number of allylic oxidation sites excluding steroid dienone is 1. The molecule has 118 valence electrons. The number of rotatable bonds is 5. The van der Waals surface area contributed by atoms with Gasteiger partial charge in [-0.2, -0.15) is 5.01 Å². The summed E-state index contributed by atoms with van der Waals surface area (Å²) < 4.78 is 9.63. The van der Waals surface area contributed by atoms with E-state index >= 15 is 0 Å². The number of hydrogen-bond donors (Lipinski definition) is 1. The molecular weight excluding hydrogens is 284 g/mol. The van der Waals surface area contributed by atoms with Gasteiger partial charge in [0.15, 0.2) is 0 Å². The van der Waals surface area contributed by atoms with Crippen LogP contribution in [0.25, 0.3) is 6.08 Å². The van der Waals surface area contributed by atoms with Crippen LogP contribution < -0.4 is 5.43 Å². The third-order valence-electron chi connectivity index (χ3n) is 2.48. The third kappa shape index (κ3) is 5.70. The summed E-state index contributed by atoms with van der Waals surface area (Å²) in [7, 11) is 0. The standard InChI is InChI=1S/C16H20N2O4/c1-4-21-15(19)17-18(16(20)22-5-2)13(3)11-12-14-9-7-6-8-10-14/h6-12H,3-5H2,1-2H3,(H,17,19)/b12-11+. The predicted molar refractivity (Wildman–Crippen MR) is 83.6 cm³/mol. The lowest BCUT2D eigenvalue weighted by Gasteiger charge is -2.22. The Kier molecular flexibility index (Phi) is 7.25. The number of hydrazine groups is 1. The minimum absolute atomic E-state index is 0.176. The third-order valence-corrected chi connectivity index (χ3v) is 2.48. The highest BCUT2D eigenvalue weighted by atomic mass is 16.6. The topological polar surface area (TPSA) is 67.9 Å². The van der Waals surface area contributed by atoms with Crippen molar-refractivity contribution in [3.8, 4) is 0 Å². The summed E-state index contributed by atoms with van der Waals surface area (Å²) in [5.41, 5.74) is 3.46. The highest BCUT2D eigenvalue weighted by Gasteiger charge is 2.19. The highest BCUT2D eigenvalue weighted by molar-refractivity contribution is 5.76. The van der Waals surface area contributed by atoms with Crippen LogP contribution in [0.5, 0.6) is 0 Å². The Morgan fingerprint density at radius 3 is 2.41 bits per heavy atom. The van der Waals surface area contributed by atoms with Gasteiger partial charge in [-0.3, -0.25) is 0 Å². The van der Waals surface area contributed by atoms with E-state index in [0.29, 0.717) is 0 Å². The number of amides is 2. The molecule has 0 unspecified atom stereocenters. The fourth-order valence-corrected chi connectivity index (χ4v) is 1.51. The van der Waals surface area contributed by atoms with Crippen molar-refractivity contribution in [2.24, 2.45) is 0 Å². The van der Waals surface area contributed by atoms with Crippen LogP contribution in [0.1, 0.15) is 19.4 Å². The Hall–Kier alpha value is -2.76. The summed E-state index contributed by atoms with van der Waals surface area (Å²) in [6, 6.07) is 9.48. The lowest BCUT2D eigenvalue weighted by Crippen LogP contribution is -2.45. The van der Waals surface area contributed by atoms with Crippen molar-refractivity contribution in [1.82, 2.24) is 10.4 Å². The molecule has 1 N–H and O–H groups in total. The molecule has 1 aromatic carbocycles. The molecule has 6 nitrogen and oxygen atoms in total. The zero-order valence-corrected chi connectivity index (χ0v) is 12.7. The zero-order chi connectivity index (χ0) is 16.4. The van der Waals surface area contributed by atoms with Gasteiger partial charge in [-0.05, 0) is 25.5 Å². The lowest BCUT2D eigenvalue weighted by atomic mass is 10.2. The van der Waals surface area contributed by atoms with E-state index < -0.39 is 12.2 Å². The minimum atomic E-state index is -0.759. The van der Waals surface area contributed by atoms with Gasteiger partial charge >= 0.3 is 12.2 Å². The Bertz CT molecular complexity index is 540. The first-order valence-electron chi connectivity index (χ1n) is 6.90. The van der Waals surface area contributed by atoms with Gasteiger partial charge in [0.25, 0.3) is 0 Å². The Morgan fingerprint density at radius 2 is 1.82 bits per heavy atom. The quantitative estimate of drug-likeness (QED) is 0.669. The summed E-state index contributed by atoms with van der Waals surface area (Å²) >= 11 is 0. The van der Waals surface area contributed by atoms with Gasteiger partial charge in [-0.25, -0.2) is 15.0 Å². The Morgan fingerprint density at radius 1 is 1.18 bits per heavy atom. The molecule has 0 radical (unpaired) electrons. The van der Waals surface area contributed by atoms with Crippen LogP contribution in [0.15, 0.2) is 48.7 Å². The van der Waals surface area contributed by atoms with Crippen molar-refractivity contribution in [2.45, 2.75) is 13.8 Å². The molecule has 6 heteroatoms. The SMILES string of the molecule is C=C(/C=C/c1ccccc1)N(NC(=O)OCC)C(=O)OCC. The Balaban J connectivity index is 2.80. The van der Waals surface area contributed by atoms with Crippen molar-refractivity contribution < 1.29 is 19.1 Å². The number of hydrogen-bond acceptors (Lipinski definition) is 4. The average molecular weight is 304 g/mol. The van der Waals surface area contributed by atoms with Crippen LogP contribution in [-0.2, 0) is 9.47 Å². The highest BCUT2D eigenvalue weighted by Crippen LogP contribution is 2.08. The number of nitrogens with zero attached hydrogens (tertiary/aromatic N) is 1. The molecule has 0 bridgehead atoms. The monoisotopic (exact) mass is 304 g/mol. The van der Waals surface area contributed by atoms with E-state index in [1.165, 1.54) is 0 Å². The van der Waals surface area contributed by atoms with E-state index in [4.69, 9.17) is 9.47 Å². The molecule has 0 saturated carbocycles. The molecular formula is C16H20N2O4. The number of carbonyl (C=O) groups excluding carboxylic acids is 2. The largest absolute Gasteiger partial charge is 0.449 e. The second kappa shape index (κ2) is 9.23. The predicted octanol–water partition coefficient (Wildman–Crippen LogP) is 3.33. The van der Waals surface area contributed by atoms with Crippen LogP contribution in [0.3, 0.4) is 0 Å². The molecule has 1 rings (SSSR count). The number of carbonyl (C=O) groups is 2. The maximum Gasteiger partial charge on any atom is 0.433 e. The maximum absolute atomic E-state index is 11.9. The lowest BCUT2D eigenvalue weighted by molar-refractivity contribution is 0.0892. The van der Waals surface area contributed by atoms with Crippen LogP contribution in [0, 0.1) is 0 Å². The van der Waals surface area contributed by atoms with Gasteiger partial charge in [0.1, 0.15) is 0 Å². The average Bonchev–Trinajstić information content (AvgIpc) is 2.52. The van der Waals surface area contributed by atoms with E-state index in [0.717, 1.165) is 10.6 Å². The number of ether oxygens (including phenoxy) is 2. The number of benzene rings is 1. The minimum Gasteiger partial charge on any atom is -0.449 e. The molecule has 0 saturated heterocycles. The molecule has 0 aliphatic carbocycles. The van der Waals surface area contributed by atoms with E-state index in [9.17, 15) is 9.59 Å². The van der Waals surface area contributed by atoms with Crippen LogP contribution in [0.2, 0.25) is 0 Å². The van der Waals surface area contributed by atoms with Gasteiger partial charge in [0.2, 0.25) is 0 Å². The molecule has 0 aliphatic rings. The van der Waals surface area contributed by atoms with Gasteiger partial charge in [0, 0.05) is 0 Å². The van der Waals surface area contributed by atoms with Crippen LogP contribution in [-0.4, -0.2) is 30.4 Å². The molecule has 1 aromatic rings. The molecule has 0 aliphatic heterocycles. The van der Waals surface area contributed by atoms with E-state index in [-0.39, 0.29) is 18.9 Å². The van der Waals surface area contributed by atoms with E-state index in [2.05, 4.69) is 12.0 Å². The van der Waals surface area contributed by atoms with Gasteiger partial charge in [-0.1, -0.05) is 43.0 Å². The summed E-state index contributed by atoms with van der Waals surface area (Å²) in [5.74, 6) is 0. The zero-order valence-electron chi connectivity index (χ0n) is 12.7. The normalized spacial score (nSPS) is 10.1. The summed E-state index contributed by atoms with van der Waals surface area (Å²) in [6.07, 6.45) is 1.86. The van der Waals surface area contributed by atoms with E-state index in [1.54, 1.807) is 26.0 Å². The van der Waals surface area contributed by atoms with Gasteiger partial charge in [0.05, 0.1) is 18.9 Å². The van der Waals surface area contributed by atoms with E-state index in [1.807, 2.05) is 30.3 Å². The second-order valence-corrected chi connectivity index (χ2v) is 4.10. The van der Waals surface area contributed by atoms with Crippen LogP contribution in [0.4, 0.5) is 9.59 Å². The van der Waals surface area contributed by atoms with Crippen molar-refractivity contribution in [1.29, 1.82) is 0 Å². The summed E-state index contributed by atoms with van der Waals surface area (Å²) in [4.78, 5) is 23.4. The fraction of sp³-hybridized carbons (Fsp3) is 0.250. The Labute approximate surface area is 130 Å². The molecule has 0 aromatic heterocycles. The first-order valence-corrected chi connectivity index (χ1v) is 6.90. The molecule has 0 spiro atoms. The van der Waals surface area contributed by atoms with Crippen molar-refractivity contribution in [2.75, 3.05) is 13.2 Å². The summed E-state index contributed by atoms with van der Waals surface area (Å²) in [5, 5.41) is 0.904. The van der Waals surface area contributed by atoms with Gasteiger partial charge < -0.3 is 9.47 Å². The molecule has 2 amide bonds.